The Hall–Kier alpha value is -1.81. The van der Waals surface area contributed by atoms with Crippen molar-refractivity contribution < 1.29 is 30.0 Å². The summed E-state index contributed by atoms with van der Waals surface area (Å²) in [4.78, 5) is 16.6. The van der Waals surface area contributed by atoms with Gasteiger partial charge < -0.3 is 5.11 Å². The van der Waals surface area contributed by atoms with Gasteiger partial charge in [0.2, 0.25) is 0 Å². The van der Waals surface area contributed by atoms with E-state index in [9.17, 15) is 9.90 Å². The number of allylic oxidation sites excluding steroid dienone is 2. The number of hydrogen-bond donors (Lipinski definition) is 1. The Balaban J connectivity index is 0.00000225. The van der Waals surface area contributed by atoms with Crippen molar-refractivity contribution >= 4 is 27.2 Å². The maximum absolute atomic E-state index is 10.9. The Kier molecular flexibility index (Phi) is 7.06. The summed E-state index contributed by atoms with van der Waals surface area (Å²) in [7, 11) is 0. The number of fused-ring (bicyclic) bond motifs is 1. The zero-order valence-electron chi connectivity index (χ0n) is 13.7. The summed E-state index contributed by atoms with van der Waals surface area (Å²) in [6.45, 7) is 1.42. The molecule has 3 nitrogen and oxygen atoms in total. The first-order chi connectivity index (χ1) is 11.6. The average molecular weight is 528 g/mol. The van der Waals surface area contributed by atoms with E-state index in [1.165, 1.54) is 17.7 Å². The second-order valence-electron chi connectivity index (χ2n) is 5.51. The van der Waals surface area contributed by atoms with Crippen molar-refractivity contribution in [2.24, 2.45) is 0 Å². The number of carbonyl (C=O) groups excluding carboxylic acids is 1. The minimum Gasteiger partial charge on any atom is -0.512 e. The van der Waals surface area contributed by atoms with Crippen molar-refractivity contribution in [2.75, 3.05) is 0 Å². The monoisotopic (exact) mass is 528 g/mol. The number of rotatable bonds is 6. The van der Waals surface area contributed by atoms with E-state index < -0.39 is 0 Å². The molecular formula is C20H17IrNO2S-. The Labute approximate surface area is 164 Å². The van der Waals surface area contributed by atoms with Crippen LogP contribution in [0, 0.1) is 12.5 Å². The minimum absolute atomic E-state index is 0. The van der Waals surface area contributed by atoms with Gasteiger partial charge in [-0.15, -0.1) is 23.6 Å². The zero-order chi connectivity index (χ0) is 16.9. The molecule has 0 fully saturated rings. The molecule has 0 amide bonds. The molecule has 0 atom stereocenters. The standard InChI is InChI=1S/C20H17NO2S.Ir/c1-14(22)12-17(23)9-4-7-16-8-5-10-18(21-16)20-13-15-6-2-3-11-19(15)24-20;/h2-6,8,10-12,23H,7,9H2,1H3;/q-1;/b17-12-;. The van der Waals surface area contributed by atoms with Gasteiger partial charge in [0, 0.05) is 44.0 Å². The summed E-state index contributed by atoms with van der Waals surface area (Å²) >= 11 is 1.68. The van der Waals surface area contributed by atoms with Crippen molar-refractivity contribution in [1.29, 1.82) is 0 Å². The summed E-state index contributed by atoms with van der Waals surface area (Å²) in [6, 6.07) is 17.5. The summed E-state index contributed by atoms with van der Waals surface area (Å²) in [5.74, 6) is -0.0715. The molecule has 1 aromatic carbocycles. The van der Waals surface area contributed by atoms with E-state index in [0.29, 0.717) is 12.8 Å². The van der Waals surface area contributed by atoms with Crippen molar-refractivity contribution in [3.63, 3.8) is 0 Å². The smallest absolute Gasteiger partial charge is 0.155 e. The molecule has 130 valence electrons. The molecule has 25 heavy (non-hydrogen) atoms. The molecule has 0 aliphatic heterocycles. The third kappa shape index (κ3) is 5.33. The van der Waals surface area contributed by atoms with Gasteiger partial charge in [-0.05, 0) is 35.4 Å². The van der Waals surface area contributed by atoms with Gasteiger partial charge in [0.05, 0.1) is 5.76 Å². The fraction of sp³-hybridized carbons (Fsp3) is 0.150. The van der Waals surface area contributed by atoms with Gasteiger partial charge in [-0.2, -0.15) is 0 Å². The third-order valence-electron chi connectivity index (χ3n) is 3.46. The van der Waals surface area contributed by atoms with Crippen LogP contribution in [0.4, 0.5) is 0 Å². The molecule has 0 spiro atoms. The molecule has 0 saturated heterocycles. The SMILES string of the molecule is CC(=O)/C=C(\O)C[CH]Cc1cccc(-c2[c-]c3ccccc3s2)n1.[Ir]. The maximum Gasteiger partial charge on any atom is 0.155 e. The molecule has 0 bridgehead atoms. The van der Waals surface area contributed by atoms with Crippen LogP contribution in [0.3, 0.4) is 0 Å². The molecule has 3 rings (SSSR count). The van der Waals surface area contributed by atoms with E-state index in [1.807, 2.05) is 36.8 Å². The summed E-state index contributed by atoms with van der Waals surface area (Å²) in [6.07, 6.45) is 4.15. The van der Waals surface area contributed by atoms with Crippen LogP contribution in [0.25, 0.3) is 20.7 Å². The van der Waals surface area contributed by atoms with Gasteiger partial charge in [-0.25, -0.2) is 11.3 Å². The first-order valence-electron chi connectivity index (χ1n) is 7.71. The van der Waals surface area contributed by atoms with Gasteiger partial charge >= 0.3 is 0 Å². The molecule has 2 aromatic heterocycles. The van der Waals surface area contributed by atoms with Gasteiger partial charge in [-0.1, -0.05) is 24.3 Å². The predicted octanol–water partition coefficient (Wildman–Crippen LogP) is 4.93. The summed E-state index contributed by atoms with van der Waals surface area (Å²) in [5.41, 5.74) is 1.83. The fourth-order valence-electron chi connectivity index (χ4n) is 2.41. The van der Waals surface area contributed by atoms with Crippen LogP contribution in [-0.4, -0.2) is 15.9 Å². The zero-order valence-corrected chi connectivity index (χ0v) is 16.9. The number of aliphatic hydroxyl groups excluding tert-OH is 1. The van der Waals surface area contributed by atoms with Crippen molar-refractivity contribution in [3.05, 3.63) is 72.5 Å². The molecule has 0 unspecified atom stereocenters. The Bertz CT molecular complexity index is 868. The largest absolute Gasteiger partial charge is 0.512 e. The molecule has 1 N–H and O–H groups in total. The molecule has 3 aromatic rings. The van der Waals surface area contributed by atoms with E-state index in [2.05, 4.69) is 23.2 Å². The summed E-state index contributed by atoms with van der Waals surface area (Å²) in [5, 5.41) is 10.7. The van der Waals surface area contributed by atoms with Gasteiger partial charge in [0.1, 0.15) is 0 Å². The molecule has 0 aliphatic carbocycles. The minimum atomic E-state index is -0.152. The molecule has 5 heteroatoms. The number of thiophene rings is 1. The maximum atomic E-state index is 10.9. The average Bonchev–Trinajstić information content (AvgIpc) is 2.98. The van der Waals surface area contributed by atoms with E-state index in [4.69, 9.17) is 0 Å². The molecular weight excluding hydrogens is 511 g/mol. The van der Waals surface area contributed by atoms with Crippen LogP contribution in [-0.2, 0) is 31.3 Å². The number of nitrogens with zero attached hydrogens (tertiary/aromatic N) is 1. The second kappa shape index (κ2) is 9.04. The number of carbonyl (C=O) groups is 1. The predicted molar refractivity (Wildman–Crippen MR) is 97.9 cm³/mol. The van der Waals surface area contributed by atoms with Gasteiger partial charge in [0.25, 0.3) is 0 Å². The number of hydrogen-bond acceptors (Lipinski definition) is 4. The molecule has 2 radical (unpaired) electrons. The van der Waals surface area contributed by atoms with Crippen LogP contribution >= 0.6 is 11.3 Å². The van der Waals surface area contributed by atoms with Crippen LogP contribution in [0.5, 0.6) is 0 Å². The normalized spacial score (nSPS) is 11.3. The van der Waals surface area contributed by atoms with E-state index in [1.54, 1.807) is 11.3 Å². The van der Waals surface area contributed by atoms with Crippen molar-refractivity contribution in [3.8, 4) is 10.6 Å². The molecule has 2 heterocycles. The van der Waals surface area contributed by atoms with Crippen molar-refractivity contribution in [1.82, 2.24) is 4.98 Å². The van der Waals surface area contributed by atoms with Crippen LogP contribution in [0.2, 0.25) is 0 Å². The fourth-order valence-corrected chi connectivity index (χ4v) is 3.39. The van der Waals surface area contributed by atoms with Crippen molar-refractivity contribution in [2.45, 2.75) is 19.8 Å². The molecule has 0 saturated carbocycles. The first kappa shape index (κ1) is 19.5. The van der Waals surface area contributed by atoms with E-state index >= 15 is 0 Å². The first-order valence-corrected chi connectivity index (χ1v) is 8.52. The number of benzene rings is 1. The topological polar surface area (TPSA) is 50.2 Å². The number of ketones is 1. The van der Waals surface area contributed by atoms with Crippen LogP contribution in [0.15, 0.2) is 54.3 Å². The Morgan fingerprint density at radius 2 is 2.04 bits per heavy atom. The third-order valence-corrected chi connectivity index (χ3v) is 4.55. The van der Waals surface area contributed by atoms with Gasteiger partial charge in [-0.3, -0.25) is 9.78 Å². The Morgan fingerprint density at radius 3 is 2.80 bits per heavy atom. The summed E-state index contributed by atoms with van der Waals surface area (Å²) < 4.78 is 1.20. The van der Waals surface area contributed by atoms with E-state index in [-0.39, 0.29) is 31.6 Å². The molecule has 0 aliphatic rings. The quantitative estimate of drug-likeness (QED) is 0.281. The van der Waals surface area contributed by atoms with Crippen LogP contribution in [0.1, 0.15) is 19.0 Å². The Morgan fingerprint density at radius 1 is 1.24 bits per heavy atom. The second-order valence-corrected chi connectivity index (χ2v) is 6.56. The number of pyridine rings is 1. The number of aliphatic hydroxyl groups is 1. The van der Waals surface area contributed by atoms with Gasteiger partial charge in [0.15, 0.2) is 5.78 Å². The van der Waals surface area contributed by atoms with Crippen LogP contribution < -0.4 is 0 Å². The van der Waals surface area contributed by atoms with E-state index in [0.717, 1.165) is 21.7 Å². The number of aromatic nitrogens is 1.